The molecule has 2 rings (SSSR count). The zero-order chi connectivity index (χ0) is 20.6. The summed E-state index contributed by atoms with van der Waals surface area (Å²) >= 11 is 0. The molecule has 2 heterocycles. The van der Waals surface area contributed by atoms with Gasteiger partial charge in [0.15, 0.2) is 5.96 Å². The minimum Gasteiger partial charge on any atom is -0.444 e. The van der Waals surface area contributed by atoms with Crippen molar-refractivity contribution in [2.45, 2.75) is 71.9 Å². The van der Waals surface area contributed by atoms with Gasteiger partial charge in [-0.2, -0.15) is 0 Å². The Kier molecular flexibility index (Phi) is 11.6. The molecular weight excluding hydrogens is 481 g/mol. The van der Waals surface area contributed by atoms with Gasteiger partial charge >= 0.3 is 6.09 Å². The summed E-state index contributed by atoms with van der Waals surface area (Å²) in [7, 11) is 0. The maximum absolute atomic E-state index is 12.0. The van der Waals surface area contributed by atoms with Gasteiger partial charge in [0.1, 0.15) is 5.60 Å². The number of rotatable bonds is 6. The van der Waals surface area contributed by atoms with Crippen molar-refractivity contribution in [2.75, 3.05) is 45.8 Å². The summed E-state index contributed by atoms with van der Waals surface area (Å²) in [5.41, 5.74) is -0.469. The predicted molar refractivity (Wildman–Crippen MR) is 130 cm³/mol. The molecule has 1 amide bonds. The van der Waals surface area contributed by atoms with Crippen molar-refractivity contribution in [1.29, 1.82) is 0 Å². The molecule has 29 heavy (non-hydrogen) atoms. The second-order valence-corrected chi connectivity index (χ2v) is 9.24. The minimum atomic E-state index is -0.469. The van der Waals surface area contributed by atoms with E-state index in [4.69, 9.17) is 9.73 Å². The highest BCUT2D eigenvalue weighted by Crippen LogP contribution is 2.14. The topological polar surface area (TPSA) is 69.2 Å². The Balaban J connectivity index is 0.00000420. The molecule has 2 N–H and O–H groups in total. The fourth-order valence-corrected chi connectivity index (χ4v) is 3.85. The van der Waals surface area contributed by atoms with Crippen LogP contribution in [0.2, 0.25) is 0 Å². The van der Waals surface area contributed by atoms with Gasteiger partial charge in [-0.15, -0.1) is 24.0 Å². The molecule has 2 saturated heterocycles. The lowest BCUT2D eigenvalue weighted by Gasteiger charge is -2.29. The predicted octanol–water partition coefficient (Wildman–Crippen LogP) is 3.29. The summed E-state index contributed by atoms with van der Waals surface area (Å²) in [5, 5.41) is 6.40. The van der Waals surface area contributed by atoms with Gasteiger partial charge < -0.3 is 25.2 Å². The standard InChI is InChI=1S/C21H41N5O2.HI/c1-6-22-19(23-14-17(2)15-25-11-8-7-9-12-25)26-13-10-18(16-26)24-20(27)28-21(3,4)5;/h17-18H,6-16H2,1-5H3,(H,22,23)(H,24,27);1H. The zero-order valence-corrected chi connectivity index (χ0v) is 21.3. The fourth-order valence-electron chi connectivity index (χ4n) is 3.85. The third kappa shape index (κ3) is 10.2. The molecule has 0 aromatic carbocycles. The fraction of sp³-hybridized carbons (Fsp3) is 0.905. The molecule has 0 saturated carbocycles. The van der Waals surface area contributed by atoms with Crippen LogP contribution in [0.25, 0.3) is 0 Å². The molecule has 2 fully saturated rings. The monoisotopic (exact) mass is 523 g/mol. The Morgan fingerprint density at radius 3 is 2.52 bits per heavy atom. The van der Waals surface area contributed by atoms with Crippen LogP contribution in [0, 0.1) is 5.92 Å². The maximum atomic E-state index is 12.0. The van der Waals surface area contributed by atoms with E-state index in [-0.39, 0.29) is 36.1 Å². The van der Waals surface area contributed by atoms with Gasteiger partial charge in [0.05, 0.1) is 6.04 Å². The number of likely N-dealkylation sites (tertiary alicyclic amines) is 2. The number of piperidine rings is 1. The van der Waals surface area contributed by atoms with E-state index in [0.717, 1.165) is 45.1 Å². The SMILES string of the molecule is CCNC(=NCC(C)CN1CCCCC1)N1CCC(NC(=O)OC(C)(C)C)C1.I. The summed E-state index contributed by atoms with van der Waals surface area (Å²) in [5.74, 6) is 1.51. The average molecular weight is 524 g/mol. The van der Waals surface area contributed by atoms with Crippen LogP contribution in [0.15, 0.2) is 4.99 Å². The molecule has 2 unspecified atom stereocenters. The van der Waals surface area contributed by atoms with Crippen molar-refractivity contribution in [1.82, 2.24) is 20.4 Å². The third-order valence-corrected chi connectivity index (χ3v) is 5.11. The molecule has 0 aliphatic carbocycles. The molecule has 2 atom stereocenters. The van der Waals surface area contributed by atoms with Gasteiger partial charge in [0.2, 0.25) is 0 Å². The number of nitrogens with one attached hydrogen (secondary N) is 2. The van der Waals surface area contributed by atoms with Gasteiger partial charge in [-0.1, -0.05) is 13.3 Å². The first-order chi connectivity index (χ1) is 13.3. The first-order valence-corrected chi connectivity index (χ1v) is 11.0. The quantitative estimate of drug-likeness (QED) is 0.318. The Bertz CT molecular complexity index is 518. The van der Waals surface area contributed by atoms with Gasteiger partial charge in [-0.25, -0.2) is 4.79 Å². The molecule has 2 aliphatic rings. The number of halogens is 1. The van der Waals surface area contributed by atoms with Crippen LogP contribution in [-0.4, -0.2) is 79.3 Å². The lowest BCUT2D eigenvalue weighted by atomic mass is 10.1. The number of aliphatic imine (C=N–C) groups is 1. The molecule has 0 aromatic rings. The Labute approximate surface area is 194 Å². The number of alkyl carbamates (subject to hydrolysis) is 1. The molecule has 0 bridgehead atoms. The van der Waals surface area contributed by atoms with E-state index in [1.54, 1.807) is 0 Å². The normalized spacial score (nSPS) is 22.0. The molecule has 2 aliphatic heterocycles. The van der Waals surface area contributed by atoms with Crippen molar-refractivity contribution in [2.24, 2.45) is 10.9 Å². The van der Waals surface area contributed by atoms with Crippen LogP contribution in [0.4, 0.5) is 4.79 Å². The molecule has 170 valence electrons. The summed E-state index contributed by atoms with van der Waals surface area (Å²) in [4.78, 5) is 21.7. The number of nitrogens with zero attached hydrogens (tertiary/aromatic N) is 3. The van der Waals surface area contributed by atoms with Crippen LogP contribution < -0.4 is 10.6 Å². The van der Waals surface area contributed by atoms with Crippen molar-refractivity contribution in [3.05, 3.63) is 0 Å². The third-order valence-electron chi connectivity index (χ3n) is 5.11. The van der Waals surface area contributed by atoms with E-state index in [1.165, 1.54) is 32.4 Å². The summed E-state index contributed by atoms with van der Waals surface area (Å²) in [6.07, 6.45) is 4.61. The number of hydrogen-bond acceptors (Lipinski definition) is 4. The van der Waals surface area contributed by atoms with Crippen molar-refractivity contribution in [3.8, 4) is 0 Å². The molecule has 0 spiro atoms. The van der Waals surface area contributed by atoms with E-state index in [2.05, 4.69) is 34.3 Å². The number of hydrogen-bond donors (Lipinski definition) is 2. The number of carbonyl (C=O) groups excluding carboxylic acids is 1. The average Bonchev–Trinajstić information content (AvgIpc) is 3.06. The minimum absolute atomic E-state index is 0. The molecule has 0 radical (unpaired) electrons. The first-order valence-electron chi connectivity index (χ1n) is 11.0. The highest BCUT2D eigenvalue weighted by Gasteiger charge is 2.28. The lowest BCUT2D eigenvalue weighted by molar-refractivity contribution is 0.0507. The van der Waals surface area contributed by atoms with E-state index < -0.39 is 5.60 Å². The van der Waals surface area contributed by atoms with Crippen LogP contribution in [0.5, 0.6) is 0 Å². The van der Waals surface area contributed by atoms with E-state index in [1.807, 2.05) is 20.8 Å². The largest absolute Gasteiger partial charge is 0.444 e. The summed E-state index contributed by atoms with van der Waals surface area (Å²) in [6, 6.07) is 0.101. The van der Waals surface area contributed by atoms with Crippen LogP contribution in [0.1, 0.15) is 60.3 Å². The first kappa shape index (κ1) is 26.3. The number of carbonyl (C=O) groups is 1. The molecule has 8 heteroatoms. The highest BCUT2D eigenvalue weighted by molar-refractivity contribution is 14.0. The highest BCUT2D eigenvalue weighted by atomic mass is 127. The van der Waals surface area contributed by atoms with Crippen molar-refractivity contribution < 1.29 is 9.53 Å². The van der Waals surface area contributed by atoms with Gasteiger partial charge in [-0.3, -0.25) is 4.99 Å². The van der Waals surface area contributed by atoms with Gasteiger partial charge in [0.25, 0.3) is 0 Å². The Hall–Kier alpha value is -0.770. The van der Waals surface area contributed by atoms with E-state index >= 15 is 0 Å². The van der Waals surface area contributed by atoms with Crippen molar-refractivity contribution >= 4 is 36.0 Å². The number of guanidine groups is 1. The van der Waals surface area contributed by atoms with E-state index in [0.29, 0.717) is 5.92 Å². The number of amides is 1. The Morgan fingerprint density at radius 1 is 1.21 bits per heavy atom. The lowest BCUT2D eigenvalue weighted by Crippen LogP contribution is -2.44. The van der Waals surface area contributed by atoms with Gasteiger partial charge in [0, 0.05) is 32.7 Å². The number of ether oxygens (including phenoxy) is 1. The second kappa shape index (κ2) is 12.8. The molecular formula is C21H42IN5O2. The van der Waals surface area contributed by atoms with Gasteiger partial charge in [-0.05, 0) is 66.0 Å². The Morgan fingerprint density at radius 2 is 1.90 bits per heavy atom. The van der Waals surface area contributed by atoms with Crippen LogP contribution in [-0.2, 0) is 4.74 Å². The summed E-state index contributed by atoms with van der Waals surface area (Å²) in [6.45, 7) is 17.0. The van der Waals surface area contributed by atoms with Crippen LogP contribution >= 0.6 is 24.0 Å². The zero-order valence-electron chi connectivity index (χ0n) is 19.0. The molecule has 7 nitrogen and oxygen atoms in total. The molecule has 0 aromatic heterocycles. The van der Waals surface area contributed by atoms with Crippen LogP contribution in [0.3, 0.4) is 0 Å². The summed E-state index contributed by atoms with van der Waals surface area (Å²) < 4.78 is 5.37. The maximum Gasteiger partial charge on any atom is 0.407 e. The second-order valence-electron chi connectivity index (χ2n) is 9.24. The van der Waals surface area contributed by atoms with E-state index in [9.17, 15) is 4.79 Å². The smallest absolute Gasteiger partial charge is 0.407 e. The van der Waals surface area contributed by atoms with Crippen molar-refractivity contribution in [3.63, 3.8) is 0 Å².